The van der Waals surface area contributed by atoms with Crippen LogP contribution in [0.3, 0.4) is 0 Å². The number of likely N-dealkylation sites (N-methyl/N-ethyl adjacent to an activating group) is 2. The zero-order valence-electron chi connectivity index (χ0n) is 11.6. The fraction of sp³-hybridized carbons (Fsp3) is 0.750. The van der Waals surface area contributed by atoms with E-state index in [1.54, 1.807) is 7.05 Å². The summed E-state index contributed by atoms with van der Waals surface area (Å²) in [6, 6.07) is -0.720. The number of carbonyl (C=O) groups is 2. The molecule has 2 fully saturated rings. The van der Waals surface area contributed by atoms with Gasteiger partial charge in [0.05, 0.1) is 0 Å². The Morgan fingerprint density at radius 2 is 2.00 bits per heavy atom. The van der Waals surface area contributed by atoms with Gasteiger partial charge in [-0.25, -0.2) is 9.79 Å². The van der Waals surface area contributed by atoms with Crippen molar-refractivity contribution >= 4 is 33.7 Å². The summed E-state index contributed by atoms with van der Waals surface area (Å²) >= 11 is 3.45. The summed E-state index contributed by atoms with van der Waals surface area (Å²) in [7, 11) is 3.22. The Morgan fingerprint density at radius 3 is 2.70 bits per heavy atom. The van der Waals surface area contributed by atoms with Crippen molar-refractivity contribution in [3.63, 3.8) is 0 Å². The molecule has 3 heterocycles. The molecule has 2 saturated heterocycles. The van der Waals surface area contributed by atoms with Crippen LogP contribution >= 0.6 is 15.9 Å². The Morgan fingerprint density at radius 1 is 1.25 bits per heavy atom. The second-order valence-corrected chi connectivity index (χ2v) is 6.08. The number of hydrogen-bond donors (Lipinski definition) is 0. The van der Waals surface area contributed by atoms with Crippen LogP contribution in [0.25, 0.3) is 0 Å². The molecule has 0 radical (unpaired) electrons. The second-order valence-electron chi connectivity index (χ2n) is 5.29. The summed E-state index contributed by atoms with van der Waals surface area (Å²) in [5, 5.41) is 0.871. The number of hydrogen-bond acceptors (Lipinski definition) is 5. The third-order valence-corrected chi connectivity index (χ3v) is 4.52. The first-order valence-corrected chi connectivity index (χ1v) is 7.87. The summed E-state index contributed by atoms with van der Waals surface area (Å²) in [4.78, 5) is 36.1. The maximum absolute atomic E-state index is 12.4. The van der Waals surface area contributed by atoms with Gasteiger partial charge < -0.3 is 0 Å². The Labute approximate surface area is 126 Å². The predicted molar refractivity (Wildman–Crippen MR) is 77.6 cm³/mol. The molecule has 3 rings (SSSR count). The predicted octanol–water partition coefficient (Wildman–Crippen LogP) is -0.0229. The van der Waals surface area contributed by atoms with Crippen LogP contribution in [0.1, 0.15) is 6.42 Å². The van der Waals surface area contributed by atoms with Crippen LogP contribution in [-0.2, 0) is 4.79 Å². The van der Waals surface area contributed by atoms with Crippen LogP contribution in [0.2, 0.25) is 0 Å². The minimum Gasteiger partial charge on any atom is -0.283 e. The maximum atomic E-state index is 12.4. The van der Waals surface area contributed by atoms with Crippen molar-refractivity contribution in [1.82, 2.24) is 19.6 Å². The van der Waals surface area contributed by atoms with Crippen LogP contribution in [0, 0.1) is 0 Å². The highest BCUT2D eigenvalue weighted by atomic mass is 79.9. The van der Waals surface area contributed by atoms with E-state index >= 15 is 0 Å². The highest BCUT2D eigenvalue weighted by molar-refractivity contribution is 9.09. The van der Waals surface area contributed by atoms with Crippen molar-refractivity contribution in [3.05, 3.63) is 0 Å². The molecule has 0 aromatic rings. The molecule has 0 aliphatic carbocycles. The highest BCUT2D eigenvalue weighted by Crippen LogP contribution is 2.29. The third kappa shape index (κ3) is 1.89. The van der Waals surface area contributed by atoms with Crippen LogP contribution in [-0.4, -0.2) is 88.8 Å². The van der Waals surface area contributed by atoms with Crippen molar-refractivity contribution in [2.75, 3.05) is 39.1 Å². The van der Waals surface area contributed by atoms with Gasteiger partial charge in [0, 0.05) is 39.1 Å². The number of halogens is 1. The van der Waals surface area contributed by atoms with E-state index in [2.05, 4.69) is 30.7 Å². The monoisotopic (exact) mass is 343 g/mol. The quantitative estimate of drug-likeness (QED) is 0.661. The Bertz CT molecular complexity index is 480. The van der Waals surface area contributed by atoms with Gasteiger partial charge in [-0.3, -0.25) is 24.4 Å². The molecule has 3 aliphatic rings. The molecule has 0 N–H and O–H groups in total. The van der Waals surface area contributed by atoms with Crippen LogP contribution in [0.5, 0.6) is 0 Å². The molecule has 2 atom stereocenters. The molecule has 0 saturated carbocycles. The minimum absolute atomic E-state index is 0.119. The first kappa shape index (κ1) is 14.0. The molecule has 7 nitrogen and oxygen atoms in total. The second kappa shape index (κ2) is 5.09. The van der Waals surface area contributed by atoms with Crippen molar-refractivity contribution < 1.29 is 9.59 Å². The first-order chi connectivity index (χ1) is 9.56. The average molecular weight is 344 g/mol. The number of imide groups is 1. The van der Waals surface area contributed by atoms with Crippen LogP contribution < -0.4 is 0 Å². The Balaban J connectivity index is 1.94. The summed E-state index contributed by atoms with van der Waals surface area (Å²) in [5.74, 6) is 0.416. The van der Waals surface area contributed by atoms with Crippen LogP contribution in [0.15, 0.2) is 4.99 Å². The van der Waals surface area contributed by atoms with Crippen molar-refractivity contribution in [2.45, 2.75) is 18.8 Å². The lowest BCUT2D eigenvalue weighted by atomic mass is 10.1. The van der Waals surface area contributed by atoms with E-state index in [1.165, 1.54) is 16.8 Å². The first-order valence-electron chi connectivity index (χ1n) is 6.75. The van der Waals surface area contributed by atoms with E-state index < -0.39 is 6.04 Å². The molecule has 0 bridgehead atoms. The lowest BCUT2D eigenvalue weighted by molar-refractivity contribution is -0.134. The Hall–Kier alpha value is -0.990. The number of amides is 3. The number of nitrogens with zero attached hydrogens (tertiary/aromatic N) is 5. The molecule has 3 aliphatic heterocycles. The average Bonchev–Trinajstić information content (AvgIpc) is 2.84. The zero-order chi connectivity index (χ0) is 14.4. The summed E-state index contributed by atoms with van der Waals surface area (Å²) in [5.41, 5.74) is 0. The van der Waals surface area contributed by atoms with Crippen molar-refractivity contribution in [2.24, 2.45) is 4.99 Å². The SMILES string of the molecule is CN1C(=O)C2C(=NC3N(CCBr)CCCN23)N(C)C1=O. The van der Waals surface area contributed by atoms with Crippen LogP contribution in [0.4, 0.5) is 4.79 Å². The number of carbonyl (C=O) groups excluding carboxylic acids is 2. The number of rotatable bonds is 2. The van der Waals surface area contributed by atoms with Gasteiger partial charge in [0.1, 0.15) is 5.84 Å². The Kier molecular flexibility index (Phi) is 3.55. The molecular formula is C12H18BrN5O2. The van der Waals surface area contributed by atoms with Crippen molar-refractivity contribution in [3.8, 4) is 0 Å². The van der Waals surface area contributed by atoms with Gasteiger partial charge in [-0.05, 0) is 6.42 Å². The van der Waals surface area contributed by atoms with Gasteiger partial charge in [-0.1, -0.05) is 15.9 Å². The number of aliphatic imine (C=N–C) groups is 1. The fourth-order valence-corrected chi connectivity index (χ4v) is 3.57. The maximum Gasteiger partial charge on any atom is 0.331 e. The molecule has 0 spiro atoms. The summed E-state index contributed by atoms with van der Waals surface area (Å²) < 4.78 is 0. The molecule has 0 aromatic heterocycles. The zero-order valence-corrected chi connectivity index (χ0v) is 13.2. The molecule has 8 heteroatoms. The largest absolute Gasteiger partial charge is 0.331 e. The molecule has 110 valence electrons. The molecular weight excluding hydrogens is 326 g/mol. The normalized spacial score (nSPS) is 31.4. The van der Waals surface area contributed by atoms with E-state index in [9.17, 15) is 9.59 Å². The third-order valence-electron chi connectivity index (χ3n) is 4.16. The number of fused-ring (bicyclic) bond motifs is 3. The number of alkyl halides is 1. The standard InChI is InChI=1S/C12H18BrN5O2/c1-15-9-8(10(19)16(2)12(15)20)18-6-3-5-17(7-4-13)11(18)14-9/h8,11H,3-7H2,1-2H3. The van der Waals surface area contributed by atoms with E-state index in [0.717, 1.165) is 31.4 Å². The number of amidine groups is 1. The number of urea groups is 1. The summed E-state index contributed by atoms with van der Waals surface area (Å²) in [6.07, 6.45) is 0.893. The van der Waals surface area contributed by atoms with E-state index in [1.807, 2.05) is 0 Å². The van der Waals surface area contributed by atoms with Gasteiger partial charge in [0.25, 0.3) is 5.91 Å². The highest BCUT2D eigenvalue weighted by Gasteiger charge is 2.51. The lowest BCUT2D eigenvalue weighted by Crippen LogP contribution is -2.64. The summed E-state index contributed by atoms with van der Waals surface area (Å²) in [6.45, 7) is 2.69. The van der Waals surface area contributed by atoms with Gasteiger partial charge >= 0.3 is 6.03 Å². The smallest absolute Gasteiger partial charge is 0.283 e. The molecule has 3 amide bonds. The van der Waals surface area contributed by atoms with Gasteiger partial charge in [0.2, 0.25) is 0 Å². The lowest BCUT2D eigenvalue weighted by Gasteiger charge is -2.42. The van der Waals surface area contributed by atoms with E-state index in [4.69, 9.17) is 0 Å². The minimum atomic E-state index is -0.411. The molecule has 0 aromatic carbocycles. The van der Waals surface area contributed by atoms with E-state index in [-0.39, 0.29) is 18.2 Å². The fourth-order valence-electron chi connectivity index (χ4n) is 3.11. The van der Waals surface area contributed by atoms with E-state index in [0.29, 0.717) is 5.84 Å². The topological polar surface area (TPSA) is 59.5 Å². The van der Waals surface area contributed by atoms with Gasteiger partial charge in [-0.2, -0.15) is 0 Å². The van der Waals surface area contributed by atoms with Crippen molar-refractivity contribution in [1.29, 1.82) is 0 Å². The molecule has 20 heavy (non-hydrogen) atoms. The molecule has 2 unspecified atom stereocenters. The van der Waals surface area contributed by atoms with Gasteiger partial charge in [0.15, 0.2) is 12.3 Å². The van der Waals surface area contributed by atoms with Gasteiger partial charge in [-0.15, -0.1) is 0 Å².